The van der Waals surface area contributed by atoms with Gasteiger partial charge in [0.15, 0.2) is 12.1 Å². The van der Waals surface area contributed by atoms with Crippen molar-refractivity contribution in [1.82, 2.24) is 0 Å². The molecule has 118 valence electrons. The van der Waals surface area contributed by atoms with Gasteiger partial charge in [-0.2, -0.15) is 0 Å². The fraction of sp³-hybridized carbons (Fsp3) is 0.526. The topological polar surface area (TPSA) is 35.5 Å². The molecule has 1 aromatic carbocycles. The number of carbonyl (C=O) groups is 1. The number of fused-ring (bicyclic) bond motifs is 1. The molecule has 0 spiro atoms. The molecule has 0 bridgehead atoms. The Hall–Kier alpha value is -1.45. The second-order valence-corrected chi connectivity index (χ2v) is 6.35. The number of ether oxygens (including phenoxy) is 2. The minimum absolute atomic E-state index is 0.0409. The molecule has 2 aliphatic rings. The summed E-state index contributed by atoms with van der Waals surface area (Å²) >= 11 is 0. The first-order valence-electron chi connectivity index (χ1n) is 8.19. The maximum atomic E-state index is 12.2. The van der Waals surface area contributed by atoms with Crippen molar-refractivity contribution in [2.75, 3.05) is 13.2 Å². The van der Waals surface area contributed by atoms with Gasteiger partial charge in [-0.1, -0.05) is 31.2 Å². The Kier molecular flexibility index (Phi) is 4.20. The van der Waals surface area contributed by atoms with E-state index < -0.39 is 0 Å². The third kappa shape index (κ3) is 2.42. The molecule has 3 rings (SSSR count). The zero-order valence-electron chi connectivity index (χ0n) is 13.6. The van der Waals surface area contributed by atoms with Gasteiger partial charge in [-0.3, -0.25) is 4.79 Å². The van der Waals surface area contributed by atoms with Crippen molar-refractivity contribution in [1.29, 1.82) is 0 Å². The second kappa shape index (κ2) is 5.98. The van der Waals surface area contributed by atoms with Crippen molar-refractivity contribution >= 4 is 11.9 Å². The summed E-state index contributed by atoms with van der Waals surface area (Å²) in [6.07, 6.45) is 3.95. The molecular formula is C19H24O3. The molecule has 2 saturated carbocycles. The molecule has 0 aliphatic heterocycles. The number of hydrogen-bond donors (Lipinski definition) is 0. The Balaban J connectivity index is 1.73. The predicted molar refractivity (Wildman–Crippen MR) is 86.3 cm³/mol. The van der Waals surface area contributed by atoms with Crippen LogP contribution in [0.1, 0.15) is 51.0 Å². The highest BCUT2D eigenvalue weighted by Gasteiger charge is 2.60. The van der Waals surface area contributed by atoms with Gasteiger partial charge in [-0.25, -0.2) is 0 Å². The van der Waals surface area contributed by atoms with Gasteiger partial charge in [0.2, 0.25) is 0 Å². The van der Waals surface area contributed by atoms with Gasteiger partial charge in [0, 0.05) is 35.7 Å². The molecule has 3 heteroatoms. The van der Waals surface area contributed by atoms with E-state index >= 15 is 0 Å². The van der Waals surface area contributed by atoms with Crippen molar-refractivity contribution in [3.8, 4) is 0 Å². The molecule has 0 heterocycles. The van der Waals surface area contributed by atoms with Crippen molar-refractivity contribution in [2.45, 2.75) is 39.9 Å². The Morgan fingerprint density at radius 1 is 1.23 bits per heavy atom. The van der Waals surface area contributed by atoms with Crippen LogP contribution in [0.2, 0.25) is 0 Å². The van der Waals surface area contributed by atoms with E-state index in [1.807, 2.05) is 44.2 Å². The molecule has 2 atom stereocenters. The molecule has 0 radical (unpaired) electrons. The van der Waals surface area contributed by atoms with Crippen LogP contribution in [0.25, 0.3) is 6.08 Å². The predicted octanol–water partition coefficient (Wildman–Crippen LogP) is 4.14. The Morgan fingerprint density at radius 3 is 2.32 bits per heavy atom. The zero-order valence-corrected chi connectivity index (χ0v) is 13.6. The summed E-state index contributed by atoms with van der Waals surface area (Å²) in [6.45, 7) is 7.25. The fourth-order valence-corrected chi connectivity index (χ4v) is 3.54. The Morgan fingerprint density at radius 2 is 1.86 bits per heavy atom. The van der Waals surface area contributed by atoms with Crippen molar-refractivity contribution in [3.05, 3.63) is 41.0 Å². The van der Waals surface area contributed by atoms with Gasteiger partial charge in [0.05, 0.1) is 0 Å². The highest BCUT2D eigenvalue weighted by atomic mass is 16.7. The number of carbonyl (C=O) groups excluding carboxylic acids is 1. The van der Waals surface area contributed by atoms with E-state index in [9.17, 15) is 4.79 Å². The zero-order chi connectivity index (χ0) is 15.7. The summed E-state index contributed by atoms with van der Waals surface area (Å²) in [4.78, 5) is 12.2. The average Bonchev–Trinajstić information content (AvgIpc) is 2.52. The Bertz CT molecular complexity index is 581. The molecule has 22 heavy (non-hydrogen) atoms. The largest absolute Gasteiger partial charge is 0.349 e. The normalized spacial score (nSPS) is 28.5. The summed E-state index contributed by atoms with van der Waals surface area (Å²) in [5.74, 6) is 0.827. The lowest BCUT2D eigenvalue weighted by Crippen LogP contribution is -2.57. The van der Waals surface area contributed by atoms with E-state index in [0.29, 0.717) is 24.9 Å². The third-order valence-electron chi connectivity index (χ3n) is 5.04. The van der Waals surface area contributed by atoms with E-state index in [1.165, 1.54) is 0 Å². The van der Waals surface area contributed by atoms with Crippen LogP contribution in [0.15, 0.2) is 29.8 Å². The van der Waals surface area contributed by atoms with Crippen LogP contribution in [-0.2, 0) is 14.3 Å². The fourth-order valence-electron chi connectivity index (χ4n) is 3.54. The highest BCUT2D eigenvalue weighted by Crippen LogP contribution is 2.61. The summed E-state index contributed by atoms with van der Waals surface area (Å²) in [5.41, 5.74) is 3.06. The maximum Gasteiger partial charge on any atom is 0.183 e. The number of Topliss-reactive ketones (excluding diaryl/α,β-unsaturated/α-hetero) is 1. The van der Waals surface area contributed by atoms with Crippen LogP contribution in [0, 0.1) is 11.3 Å². The lowest BCUT2D eigenvalue weighted by molar-refractivity contribution is -0.144. The standard InChI is InChI=1S/C19H24O3/c1-4-21-18(22-5-2)14-8-6-13(7-9-14)12-15-16-10-11-19(16,3)17(15)20/h6-9,12,16,18H,4-5,10-11H2,1-3H3/b15-12+. The second-order valence-electron chi connectivity index (χ2n) is 6.35. The van der Waals surface area contributed by atoms with Crippen LogP contribution < -0.4 is 0 Å². The quantitative estimate of drug-likeness (QED) is 0.585. The van der Waals surface area contributed by atoms with Gasteiger partial charge >= 0.3 is 0 Å². The SMILES string of the molecule is CCOC(OCC)c1ccc(/C=C2/C(=O)C3(C)CCC23)cc1. The van der Waals surface area contributed by atoms with Gasteiger partial charge in [0.25, 0.3) is 0 Å². The number of benzene rings is 1. The molecule has 2 fully saturated rings. The molecule has 0 saturated heterocycles. The first kappa shape index (κ1) is 15.4. The molecule has 0 amide bonds. The van der Waals surface area contributed by atoms with Gasteiger partial charge in [-0.05, 0) is 38.3 Å². The van der Waals surface area contributed by atoms with Crippen molar-refractivity contribution < 1.29 is 14.3 Å². The summed E-state index contributed by atoms with van der Waals surface area (Å²) in [7, 11) is 0. The molecular weight excluding hydrogens is 276 g/mol. The van der Waals surface area contributed by atoms with E-state index in [1.54, 1.807) is 0 Å². The summed E-state index contributed by atoms with van der Waals surface area (Å²) < 4.78 is 11.2. The van der Waals surface area contributed by atoms with Gasteiger partial charge in [-0.15, -0.1) is 0 Å². The average molecular weight is 300 g/mol. The van der Waals surface area contributed by atoms with E-state index in [-0.39, 0.29) is 11.7 Å². The first-order chi connectivity index (χ1) is 10.6. The molecule has 2 aliphatic carbocycles. The first-order valence-corrected chi connectivity index (χ1v) is 8.19. The molecule has 2 unspecified atom stereocenters. The van der Waals surface area contributed by atoms with Crippen LogP contribution in [0.5, 0.6) is 0 Å². The van der Waals surface area contributed by atoms with Crippen molar-refractivity contribution in [3.63, 3.8) is 0 Å². The maximum absolute atomic E-state index is 12.2. The third-order valence-corrected chi connectivity index (χ3v) is 5.04. The number of hydrogen-bond acceptors (Lipinski definition) is 3. The number of allylic oxidation sites excluding steroid dienone is 1. The van der Waals surface area contributed by atoms with Crippen molar-refractivity contribution in [2.24, 2.45) is 11.3 Å². The van der Waals surface area contributed by atoms with Crippen LogP contribution in [0.4, 0.5) is 0 Å². The lowest BCUT2D eigenvalue weighted by atomic mass is 9.45. The monoisotopic (exact) mass is 300 g/mol. The Labute approximate surface area is 132 Å². The van der Waals surface area contributed by atoms with E-state index in [0.717, 1.165) is 29.5 Å². The van der Waals surface area contributed by atoms with Crippen LogP contribution in [0.3, 0.4) is 0 Å². The minimum atomic E-state index is -0.308. The molecule has 0 N–H and O–H groups in total. The highest BCUT2D eigenvalue weighted by molar-refractivity contribution is 6.12. The number of rotatable bonds is 6. The molecule has 1 aromatic rings. The minimum Gasteiger partial charge on any atom is -0.349 e. The van der Waals surface area contributed by atoms with E-state index in [2.05, 4.69) is 6.92 Å². The summed E-state index contributed by atoms with van der Waals surface area (Å²) in [5, 5.41) is 0. The van der Waals surface area contributed by atoms with Crippen LogP contribution in [-0.4, -0.2) is 19.0 Å². The van der Waals surface area contributed by atoms with Crippen LogP contribution >= 0.6 is 0 Å². The smallest absolute Gasteiger partial charge is 0.183 e. The number of ketones is 1. The molecule has 3 nitrogen and oxygen atoms in total. The lowest BCUT2D eigenvalue weighted by Gasteiger charge is -2.56. The van der Waals surface area contributed by atoms with Gasteiger partial charge in [0.1, 0.15) is 0 Å². The van der Waals surface area contributed by atoms with E-state index in [4.69, 9.17) is 9.47 Å². The molecule has 0 aromatic heterocycles. The summed E-state index contributed by atoms with van der Waals surface area (Å²) in [6, 6.07) is 8.11. The van der Waals surface area contributed by atoms with Gasteiger partial charge < -0.3 is 9.47 Å².